The zero-order chi connectivity index (χ0) is 18.9. The monoisotopic (exact) mass is 421 g/mol. The van der Waals surface area contributed by atoms with Crippen molar-refractivity contribution in [2.45, 2.75) is 0 Å². The minimum Gasteiger partial charge on any atom is -0.608 e. The first kappa shape index (κ1) is 20.8. The van der Waals surface area contributed by atoms with Crippen molar-refractivity contribution in [2.75, 3.05) is 0 Å². The van der Waals surface area contributed by atoms with Crippen molar-refractivity contribution >= 4 is 23.7 Å². The zero-order valence-electron chi connectivity index (χ0n) is 14.4. The van der Waals surface area contributed by atoms with Crippen molar-refractivity contribution in [1.29, 1.82) is 0 Å². The first-order valence-electron chi connectivity index (χ1n) is 7.95. The number of amidine groups is 1. The molecule has 0 saturated carbocycles. The van der Waals surface area contributed by atoms with Crippen LogP contribution in [0.2, 0.25) is 0 Å². The molecule has 1 N–H and O–H groups in total. The molecule has 0 aliphatic heterocycles. The van der Waals surface area contributed by atoms with Crippen molar-refractivity contribution in [3.63, 3.8) is 0 Å². The van der Waals surface area contributed by atoms with E-state index in [9.17, 15) is 9.90 Å². The van der Waals surface area contributed by atoms with Crippen molar-refractivity contribution in [2.24, 2.45) is 15.3 Å². The van der Waals surface area contributed by atoms with Crippen LogP contribution in [-0.4, -0.2) is 17.4 Å². The topological polar surface area (TPSA) is 97.7 Å². The van der Waals surface area contributed by atoms with Gasteiger partial charge in [0.1, 0.15) is 5.75 Å². The van der Waals surface area contributed by atoms with E-state index in [1.165, 1.54) is 12.5 Å². The average Bonchev–Trinajstić information content (AvgIpc) is 2.71. The van der Waals surface area contributed by atoms with Crippen LogP contribution in [-0.2, 0) is 21.9 Å². The molecular weight excluding hydrogens is 408 g/mol. The molecule has 8 heteroatoms. The Bertz CT molecular complexity index is 978. The van der Waals surface area contributed by atoms with E-state index in [1.807, 2.05) is 18.2 Å². The number of rotatable bonds is 6. The SMILES string of the molecule is O=[C-]Oc1ccccc1N=N/C(=N\[N-]c1ccccc1O)c1ccccc1.[Cu+2]. The average molecular weight is 422 g/mol. The molecular formula is C20H14CuN4O3. The molecule has 0 fully saturated rings. The van der Waals surface area contributed by atoms with Gasteiger partial charge in [-0.25, -0.2) is 0 Å². The minimum absolute atomic E-state index is 0. The van der Waals surface area contributed by atoms with E-state index >= 15 is 0 Å². The summed E-state index contributed by atoms with van der Waals surface area (Å²) < 4.78 is 4.76. The third-order valence-corrected chi connectivity index (χ3v) is 3.44. The Kier molecular flexibility index (Phi) is 7.90. The minimum atomic E-state index is 0. The third kappa shape index (κ3) is 5.51. The Hall–Kier alpha value is -3.48. The van der Waals surface area contributed by atoms with Crippen LogP contribution in [0.4, 0.5) is 11.4 Å². The number of azo groups is 1. The molecule has 7 nitrogen and oxygen atoms in total. The van der Waals surface area contributed by atoms with Gasteiger partial charge in [0, 0.05) is 11.3 Å². The number of benzene rings is 3. The molecule has 0 unspecified atom stereocenters. The second-order valence-electron chi connectivity index (χ2n) is 5.23. The number of ether oxygens (including phenoxy) is 1. The molecule has 0 amide bonds. The maximum absolute atomic E-state index is 10.5. The summed E-state index contributed by atoms with van der Waals surface area (Å²) in [5, 5.41) is 22.2. The van der Waals surface area contributed by atoms with Crippen molar-refractivity contribution in [1.82, 2.24) is 0 Å². The molecule has 0 bridgehead atoms. The largest absolute Gasteiger partial charge is 2.00 e. The van der Waals surface area contributed by atoms with Gasteiger partial charge in [-0.2, -0.15) is 5.11 Å². The van der Waals surface area contributed by atoms with Crippen molar-refractivity contribution in [3.05, 3.63) is 89.9 Å². The van der Waals surface area contributed by atoms with Gasteiger partial charge in [0.25, 0.3) is 0 Å². The van der Waals surface area contributed by atoms with E-state index in [0.717, 1.165) is 0 Å². The molecule has 0 aliphatic carbocycles. The molecule has 0 atom stereocenters. The third-order valence-electron chi connectivity index (χ3n) is 3.44. The Morgan fingerprint density at radius 1 is 0.929 bits per heavy atom. The van der Waals surface area contributed by atoms with Crippen LogP contribution in [0.3, 0.4) is 0 Å². The Labute approximate surface area is 172 Å². The van der Waals surface area contributed by atoms with Crippen LogP contribution in [0.5, 0.6) is 11.5 Å². The van der Waals surface area contributed by atoms with Crippen LogP contribution >= 0.6 is 0 Å². The summed E-state index contributed by atoms with van der Waals surface area (Å²) in [5.41, 5.74) is 5.37. The van der Waals surface area contributed by atoms with Gasteiger partial charge in [0.2, 0.25) is 0 Å². The number of hydrogen-bond donors (Lipinski definition) is 1. The normalized spacial score (nSPS) is 10.9. The first-order valence-corrected chi connectivity index (χ1v) is 7.95. The summed E-state index contributed by atoms with van der Waals surface area (Å²) >= 11 is 0. The number of para-hydroxylation sites is 2. The maximum Gasteiger partial charge on any atom is 2.00 e. The van der Waals surface area contributed by atoms with Gasteiger partial charge in [-0.15, -0.1) is 11.2 Å². The van der Waals surface area contributed by atoms with Gasteiger partial charge in [0.15, 0.2) is 12.3 Å². The van der Waals surface area contributed by atoms with E-state index < -0.39 is 0 Å². The number of aromatic hydroxyl groups is 1. The van der Waals surface area contributed by atoms with Gasteiger partial charge in [-0.1, -0.05) is 66.4 Å². The van der Waals surface area contributed by atoms with E-state index in [0.29, 0.717) is 16.9 Å². The van der Waals surface area contributed by atoms with Gasteiger partial charge >= 0.3 is 17.1 Å². The quantitative estimate of drug-likeness (QED) is 0.152. The van der Waals surface area contributed by atoms with Gasteiger partial charge in [-0.3, -0.25) is 0 Å². The van der Waals surface area contributed by atoms with Crippen LogP contribution in [0, 0.1) is 0 Å². The zero-order valence-corrected chi connectivity index (χ0v) is 15.3. The predicted molar refractivity (Wildman–Crippen MR) is 101 cm³/mol. The standard InChI is InChI=1S/C20H14N4O3.Cu/c25-14-27-19-13-7-5-11-17(19)22-24-20(15-8-2-1-3-9-15)23-21-16-10-4-6-12-18(16)26;/h1-13H,(H-,21,22,23,24,26);/q-2;+2. The van der Waals surface area contributed by atoms with Gasteiger partial charge in [0.05, 0.1) is 0 Å². The maximum atomic E-state index is 10.5. The van der Waals surface area contributed by atoms with Crippen LogP contribution < -0.4 is 4.74 Å². The molecule has 28 heavy (non-hydrogen) atoms. The molecule has 1 radical (unpaired) electrons. The fourth-order valence-electron chi connectivity index (χ4n) is 2.14. The molecule has 0 heterocycles. The number of phenolic OH excluding ortho intramolecular Hbond substituents is 1. The summed E-state index contributed by atoms with van der Waals surface area (Å²) in [4.78, 5) is 10.5. The van der Waals surface area contributed by atoms with E-state index in [2.05, 4.69) is 20.8 Å². The van der Waals surface area contributed by atoms with Gasteiger partial charge < -0.3 is 25.2 Å². The van der Waals surface area contributed by atoms with E-state index in [1.54, 1.807) is 54.6 Å². The predicted octanol–water partition coefficient (Wildman–Crippen LogP) is 4.99. The summed E-state index contributed by atoms with van der Waals surface area (Å²) in [5.74, 6) is 0.455. The Morgan fingerprint density at radius 3 is 2.36 bits per heavy atom. The van der Waals surface area contributed by atoms with Crippen LogP contribution in [0.1, 0.15) is 5.56 Å². The molecule has 0 aliphatic rings. The Balaban J connectivity index is 0.00000280. The summed E-state index contributed by atoms with van der Waals surface area (Å²) in [6.07, 6.45) is 0. The second-order valence-corrected chi connectivity index (χ2v) is 5.23. The number of nitrogens with zero attached hydrogens (tertiary/aromatic N) is 4. The fourth-order valence-corrected chi connectivity index (χ4v) is 2.14. The van der Waals surface area contributed by atoms with Crippen molar-refractivity contribution in [3.8, 4) is 11.5 Å². The van der Waals surface area contributed by atoms with Crippen LogP contribution in [0.25, 0.3) is 5.43 Å². The van der Waals surface area contributed by atoms with Gasteiger partial charge in [-0.05, 0) is 17.9 Å². The fraction of sp³-hybridized carbons (Fsp3) is 0. The molecule has 0 spiro atoms. The summed E-state index contributed by atoms with van der Waals surface area (Å²) in [6.45, 7) is 1.37. The number of phenols is 1. The molecule has 143 valence electrons. The second kappa shape index (κ2) is 10.6. The van der Waals surface area contributed by atoms with E-state index in [-0.39, 0.29) is 34.4 Å². The summed E-state index contributed by atoms with van der Waals surface area (Å²) in [6, 6.07) is 22.4. The molecule has 3 rings (SSSR count). The molecule has 3 aromatic carbocycles. The van der Waals surface area contributed by atoms with Crippen molar-refractivity contribution < 1.29 is 31.7 Å². The summed E-state index contributed by atoms with van der Waals surface area (Å²) in [7, 11) is 0. The van der Waals surface area contributed by atoms with Crippen LogP contribution in [0.15, 0.2) is 94.2 Å². The smallest absolute Gasteiger partial charge is 0.608 e. The number of carbonyl (C=O) groups excluding carboxylic acids is 1. The first-order chi connectivity index (χ1) is 13.3. The molecule has 0 saturated heterocycles. The Morgan fingerprint density at radius 2 is 1.61 bits per heavy atom. The van der Waals surface area contributed by atoms with E-state index in [4.69, 9.17) is 4.74 Å². The number of hydrogen-bond acceptors (Lipinski definition) is 5. The molecule has 3 aromatic rings. The molecule has 0 aromatic heterocycles.